The van der Waals surface area contributed by atoms with E-state index in [1.807, 2.05) is 38.1 Å². The molecule has 0 aliphatic carbocycles. The molecule has 3 aromatic rings. The zero-order chi connectivity index (χ0) is 21.4. The molecule has 1 aromatic heterocycles. The van der Waals surface area contributed by atoms with E-state index in [-0.39, 0.29) is 5.91 Å². The normalized spacial score (nSPS) is 16.5. The van der Waals surface area contributed by atoms with Gasteiger partial charge in [-0.3, -0.25) is 4.79 Å². The third-order valence-electron chi connectivity index (χ3n) is 4.65. The molecule has 30 heavy (non-hydrogen) atoms. The summed E-state index contributed by atoms with van der Waals surface area (Å²) in [6, 6.07) is 15.3. The number of nitrogens with one attached hydrogen (secondary N) is 1. The number of aryl methyl sites for hydroxylation is 1. The van der Waals surface area contributed by atoms with Crippen LogP contribution in [-0.4, -0.2) is 15.6 Å². The van der Waals surface area contributed by atoms with Crippen LogP contribution in [-0.2, 0) is 4.79 Å². The molecule has 0 saturated carbocycles. The van der Waals surface area contributed by atoms with Crippen molar-refractivity contribution in [2.75, 3.05) is 0 Å². The lowest BCUT2D eigenvalue weighted by atomic mass is 10.2. The minimum absolute atomic E-state index is 0.192. The minimum Gasteiger partial charge on any atom is -0.317 e. The van der Waals surface area contributed by atoms with Crippen LogP contribution in [0.25, 0.3) is 11.8 Å². The number of aliphatic imine (C=N–C) groups is 1. The smallest absolute Gasteiger partial charge is 0.264 e. The van der Waals surface area contributed by atoms with Gasteiger partial charge < -0.3 is 9.88 Å². The lowest BCUT2D eigenvalue weighted by molar-refractivity contribution is -0.115. The fraction of sp³-hybridized carbons (Fsp3) is 0.0909. The van der Waals surface area contributed by atoms with E-state index >= 15 is 0 Å². The third-order valence-corrected chi connectivity index (χ3v) is 7.04. The summed E-state index contributed by atoms with van der Waals surface area (Å²) < 4.78 is 3.17. The van der Waals surface area contributed by atoms with Gasteiger partial charge in [0.05, 0.1) is 26.3 Å². The van der Waals surface area contributed by atoms with Gasteiger partial charge >= 0.3 is 0 Å². The molecule has 0 spiro atoms. The maximum atomic E-state index is 12.5. The fourth-order valence-corrected chi connectivity index (χ4v) is 4.87. The molecule has 1 aliphatic heterocycles. The van der Waals surface area contributed by atoms with E-state index in [9.17, 15) is 4.79 Å². The van der Waals surface area contributed by atoms with Gasteiger partial charge in [0.2, 0.25) is 0 Å². The summed E-state index contributed by atoms with van der Waals surface area (Å²) in [6.45, 7) is 4.08. The van der Waals surface area contributed by atoms with E-state index in [4.69, 9.17) is 23.2 Å². The molecule has 152 valence electrons. The summed E-state index contributed by atoms with van der Waals surface area (Å²) in [4.78, 5) is 17.5. The Morgan fingerprint density at radius 2 is 1.90 bits per heavy atom. The van der Waals surface area contributed by atoms with E-state index in [0.717, 1.165) is 27.1 Å². The van der Waals surface area contributed by atoms with Gasteiger partial charge in [0, 0.05) is 15.9 Å². The van der Waals surface area contributed by atoms with E-state index in [1.54, 1.807) is 18.2 Å². The molecular weight excluding hydrogens is 505 g/mol. The van der Waals surface area contributed by atoms with Gasteiger partial charge in [-0.25, -0.2) is 4.99 Å². The molecule has 2 aromatic carbocycles. The highest BCUT2D eigenvalue weighted by molar-refractivity contribution is 9.10. The fourth-order valence-electron chi connectivity index (χ4n) is 3.25. The van der Waals surface area contributed by atoms with Crippen LogP contribution >= 0.6 is 50.9 Å². The molecule has 2 heterocycles. The number of rotatable bonds is 3. The molecule has 0 atom stereocenters. The van der Waals surface area contributed by atoms with Crippen molar-refractivity contribution in [2.24, 2.45) is 4.99 Å². The maximum absolute atomic E-state index is 12.5. The second-order valence-electron chi connectivity index (χ2n) is 6.67. The van der Waals surface area contributed by atoms with Gasteiger partial charge in [-0.1, -0.05) is 41.4 Å². The summed E-state index contributed by atoms with van der Waals surface area (Å²) >= 11 is 17.1. The Labute approximate surface area is 197 Å². The maximum Gasteiger partial charge on any atom is 0.264 e. The first-order valence-corrected chi connectivity index (χ1v) is 11.4. The van der Waals surface area contributed by atoms with Gasteiger partial charge in [0.1, 0.15) is 0 Å². The van der Waals surface area contributed by atoms with Gasteiger partial charge in [0.25, 0.3) is 5.91 Å². The Balaban J connectivity index is 1.67. The number of benzene rings is 2. The van der Waals surface area contributed by atoms with Gasteiger partial charge in [-0.05, 0) is 83.5 Å². The summed E-state index contributed by atoms with van der Waals surface area (Å²) in [5, 5.41) is 4.04. The first-order chi connectivity index (χ1) is 14.3. The molecule has 1 fully saturated rings. The van der Waals surface area contributed by atoms with E-state index in [0.29, 0.717) is 25.8 Å². The average molecular weight is 521 g/mol. The number of carbonyl (C=O) groups excluding carboxylic acids is 1. The highest BCUT2D eigenvalue weighted by atomic mass is 79.9. The van der Waals surface area contributed by atoms with Crippen molar-refractivity contribution in [3.63, 3.8) is 0 Å². The molecule has 1 aliphatic rings. The molecule has 0 unspecified atom stereocenters. The van der Waals surface area contributed by atoms with Crippen LogP contribution in [0.1, 0.15) is 17.0 Å². The Morgan fingerprint density at radius 3 is 2.67 bits per heavy atom. The minimum atomic E-state index is -0.192. The standard InChI is InChI=1S/C22H16BrCl2N3OS/c1-12-10-14(13(2)28(12)18-9-4-3-6-15(18)23)11-19-21(29)27-22(30-19)26-17-8-5-7-16(24)20(17)25/h3-11H,1-2H3,(H,26,27,29)/b19-11+. The number of halogens is 3. The molecule has 1 saturated heterocycles. The van der Waals surface area contributed by atoms with Crippen LogP contribution in [0.4, 0.5) is 5.69 Å². The Hall–Kier alpha value is -1.99. The molecule has 1 amide bonds. The zero-order valence-electron chi connectivity index (χ0n) is 16.0. The second kappa shape index (κ2) is 8.63. The topological polar surface area (TPSA) is 46.4 Å². The van der Waals surface area contributed by atoms with Crippen molar-refractivity contribution in [1.82, 2.24) is 9.88 Å². The van der Waals surface area contributed by atoms with E-state index < -0.39 is 0 Å². The molecule has 4 nitrogen and oxygen atoms in total. The number of amides is 1. The molecular formula is C22H16BrCl2N3OS. The number of carbonyl (C=O) groups is 1. The van der Waals surface area contributed by atoms with Crippen molar-refractivity contribution in [3.8, 4) is 5.69 Å². The molecule has 4 rings (SSSR count). The lowest BCUT2D eigenvalue weighted by Crippen LogP contribution is -2.19. The van der Waals surface area contributed by atoms with Crippen molar-refractivity contribution >= 4 is 73.7 Å². The van der Waals surface area contributed by atoms with E-state index in [1.165, 1.54) is 11.8 Å². The van der Waals surface area contributed by atoms with Crippen LogP contribution in [0.5, 0.6) is 0 Å². The average Bonchev–Trinajstić information content (AvgIpc) is 3.18. The van der Waals surface area contributed by atoms with Gasteiger partial charge in [0.15, 0.2) is 5.17 Å². The van der Waals surface area contributed by atoms with E-state index in [2.05, 4.69) is 42.9 Å². The number of hydrogen-bond acceptors (Lipinski definition) is 3. The van der Waals surface area contributed by atoms with Crippen LogP contribution in [0.3, 0.4) is 0 Å². The van der Waals surface area contributed by atoms with Crippen molar-refractivity contribution in [1.29, 1.82) is 0 Å². The van der Waals surface area contributed by atoms with Crippen molar-refractivity contribution < 1.29 is 4.79 Å². The predicted octanol–water partition coefficient (Wildman–Crippen LogP) is 7.06. The second-order valence-corrected chi connectivity index (χ2v) is 9.34. The first-order valence-electron chi connectivity index (χ1n) is 9.02. The number of thioether (sulfide) groups is 1. The molecule has 8 heteroatoms. The number of para-hydroxylation sites is 1. The number of nitrogens with zero attached hydrogens (tertiary/aromatic N) is 2. The van der Waals surface area contributed by atoms with Crippen molar-refractivity contribution in [3.05, 3.63) is 84.9 Å². The zero-order valence-corrected chi connectivity index (χ0v) is 20.0. The van der Waals surface area contributed by atoms with Crippen LogP contribution in [0, 0.1) is 13.8 Å². The highest BCUT2D eigenvalue weighted by Gasteiger charge is 2.25. The number of amidine groups is 1. The van der Waals surface area contributed by atoms with Gasteiger partial charge in [-0.15, -0.1) is 0 Å². The highest BCUT2D eigenvalue weighted by Crippen LogP contribution is 2.35. The molecule has 0 bridgehead atoms. The van der Waals surface area contributed by atoms with Crippen LogP contribution in [0.2, 0.25) is 10.0 Å². The summed E-state index contributed by atoms with van der Waals surface area (Å²) in [5.41, 5.74) is 4.67. The van der Waals surface area contributed by atoms with Crippen LogP contribution < -0.4 is 5.32 Å². The summed E-state index contributed by atoms with van der Waals surface area (Å²) in [5.74, 6) is -0.192. The first kappa shape index (κ1) is 21.2. The van der Waals surface area contributed by atoms with Gasteiger partial charge in [-0.2, -0.15) is 0 Å². The monoisotopic (exact) mass is 519 g/mol. The molecule has 0 radical (unpaired) electrons. The summed E-state index contributed by atoms with van der Waals surface area (Å²) in [7, 11) is 0. The lowest BCUT2D eigenvalue weighted by Gasteiger charge is -2.11. The largest absolute Gasteiger partial charge is 0.317 e. The Morgan fingerprint density at radius 1 is 1.13 bits per heavy atom. The van der Waals surface area contributed by atoms with Crippen molar-refractivity contribution in [2.45, 2.75) is 13.8 Å². The summed E-state index contributed by atoms with van der Waals surface area (Å²) in [6.07, 6.45) is 1.89. The van der Waals surface area contributed by atoms with Crippen LogP contribution in [0.15, 0.2) is 62.9 Å². The Kier molecular flexibility index (Phi) is 6.11. The SMILES string of the molecule is Cc1cc(/C=C2/SC(=Nc3cccc(Cl)c3Cl)NC2=O)c(C)n1-c1ccccc1Br. The Bertz CT molecular complexity index is 1230. The third kappa shape index (κ3) is 4.10. The molecule has 1 N–H and O–H groups in total. The number of aromatic nitrogens is 1. The number of hydrogen-bond donors (Lipinski definition) is 1. The predicted molar refractivity (Wildman–Crippen MR) is 130 cm³/mol. The quantitative estimate of drug-likeness (QED) is 0.376.